The molecule has 0 unspecified atom stereocenters. The van der Waals surface area contributed by atoms with Crippen molar-refractivity contribution in [1.29, 1.82) is 0 Å². The van der Waals surface area contributed by atoms with Crippen LogP contribution >= 0.6 is 11.3 Å². The molecule has 4 rings (SSSR count). The minimum Gasteiger partial charge on any atom is -0.368 e. The van der Waals surface area contributed by atoms with E-state index in [0.717, 1.165) is 49.8 Å². The SMILES string of the molecule is Cc1ncsc1CN1CCN(c2cnn3cnnc3c2)CC1. The lowest BCUT2D eigenvalue weighted by atomic mass is 10.2. The van der Waals surface area contributed by atoms with Crippen LogP contribution < -0.4 is 4.90 Å². The second-order valence-electron chi connectivity index (χ2n) is 5.47. The maximum absolute atomic E-state index is 4.34. The number of hydrogen-bond donors (Lipinski definition) is 0. The molecule has 3 aromatic heterocycles. The highest BCUT2D eigenvalue weighted by Crippen LogP contribution is 2.19. The molecule has 1 saturated heterocycles. The monoisotopic (exact) mass is 315 g/mol. The van der Waals surface area contributed by atoms with Crippen molar-refractivity contribution in [3.8, 4) is 0 Å². The van der Waals surface area contributed by atoms with E-state index in [4.69, 9.17) is 0 Å². The van der Waals surface area contributed by atoms with Gasteiger partial charge >= 0.3 is 0 Å². The Bertz CT molecular complexity index is 772. The van der Waals surface area contributed by atoms with E-state index in [1.54, 1.807) is 22.2 Å². The summed E-state index contributed by atoms with van der Waals surface area (Å²) in [7, 11) is 0. The van der Waals surface area contributed by atoms with Crippen LogP contribution in [0.3, 0.4) is 0 Å². The number of hydrogen-bond acceptors (Lipinski definition) is 7. The van der Waals surface area contributed by atoms with Gasteiger partial charge in [-0.3, -0.25) is 4.90 Å². The van der Waals surface area contributed by atoms with E-state index in [1.165, 1.54) is 4.88 Å². The summed E-state index contributed by atoms with van der Waals surface area (Å²) in [5.41, 5.74) is 5.00. The van der Waals surface area contributed by atoms with Crippen LogP contribution in [0.15, 0.2) is 24.1 Å². The third-order valence-electron chi connectivity index (χ3n) is 4.10. The molecule has 3 aromatic rings. The molecule has 0 N–H and O–H groups in total. The lowest BCUT2D eigenvalue weighted by Crippen LogP contribution is -2.46. The minimum absolute atomic E-state index is 0.792. The quantitative estimate of drug-likeness (QED) is 0.724. The highest BCUT2D eigenvalue weighted by atomic mass is 32.1. The number of aromatic nitrogens is 5. The van der Waals surface area contributed by atoms with Gasteiger partial charge in [0, 0.05) is 43.7 Å². The van der Waals surface area contributed by atoms with Crippen molar-refractivity contribution >= 4 is 22.7 Å². The van der Waals surface area contributed by atoms with E-state index in [-0.39, 0.29) is 0 Å². The van der Waals surface area contributed by atoms with Gasteiger partial charge in [0.2, 0.25) is 0 Å². The average molecular weight is 315 g/mol. The second-order valence-corrected chi connectivity index (χ2v) is 6.41. The first-order valence-corrected chi connectivity index (χ1v) is 8.20. The Labute approximate surface area is 132 Å². The van der Waals surface area contributed by atoms with Crippen molar-refractivity contribution in [2.45, 2.75) is 13.5 Å². The van der Waals surface area contributed by atoms with Crippen molar-refractivity contribution in [3.63, 3.8) is 0 Å². The van der Waals surface area contributed by atoms with Gasteiger partial charge in [-0.2, -0.15) is 5.10 Å². The summed E-state index contributed by atoms with van der Waals surface area (Å²) in [6, 6.07) is 2.04. The molecule has 0 saturated carbocycles. The molecule has 0 aliphatic carbocycles. The molecule has 0 atom stereocenters. The molecule has 1 aliphatic heterocycles. The smallest absolute Gasteiger partial charge is 0.179 e. The molecule has 8 heteroatoms. The Balaban J connectivity index is 1.41. The topological polar surface area (TPSA) is 62.5 Å². The standard InChI is InChI=1S/C14H17N7S/c1-11-13(22-10-15-11)8-19-2-4-20(5-3-19)12-6-14-18-16-9-21(14)17-7-12/h6-7,9-10H,2-5,8H2,1H3. The molecule has 4 heterocycles. The number of thiazole rings is 1. The van der Waals surface area contributed by atoms with Gasteiger partial charge in [0.15, 0.2) is 5.65 Å². The van der Waals surface area contributed by atoms with Crippen LogP contribution in [0.2, 0.25) is 0 Å². The normalized spacial score (nSPS) is 16.5. The predicted octanol–water partition coefficient (Wildman–Crippen LogP) is 1.21. The molecule has 7 nitrogen and oxygen atoms in total. The van der Waals surface area contributed by atoms with E-state index < -0.39 is 0 Å². The van der Waals surface area contributed by atoms with Gasteiger partial charge in [-0.05, 0) is 6.92 Å². The van der Waals surface area contributed by atoms with E-state index in [1.807, 2.05) is 17.8 Å². The number of aryl methyl sites for hydroxylation is 1. The number of nitrogens with zero attached hydrogens (tertiary/aromatic N) is 7. The van der Waals surface area contributed by atoms with E-state index >= 15 is 0 Å². The first kappa shape index (κ1) is 13.6. The molecule has 0 bridgehead atoms. The average Bonchev–Trinajstić information content (AvgIpc) is 3.17. The molecular weight excluding hydrogens is 298 g/mol. The van der Waals surface area contributed by atoms with Gasteiger partial charge in [-0.1, -0.05) is 0 Å². The lowest BCUT2D eigenvalue weighted by molar-refractivity contribution is 0.251. The predicted molar refractivity (Wildman–Crippen MR) is 85.1 cm³/mol. The summed E-state index contributed by atoms with van der Waals surface area (Å²) in [5, 5.41) is 12.3. The molecule has 114 valence electrons. The van der Waals surface area contributed by atoms with Gasteiger partial charge in [0.25, 0.3) is 0 Å². The fourth-order valence-electron chi connectivity index (χ4n) is 2.73. The van der Waals surface area contributed by atoms with E-state index in [2.05, 4.69) is 37.0 Å². The van der Waals surface area contributed by atoms with Crippen LogP contribution in [-0.4, -0.2) is 55.9 Å². The Hall–Kier alpha value is -2.06. The van der Waals surface area contributed by atoms with Gasteiger partial charge < -0.3 is 4.90 Å². The summed E-state index contributed by atoms with van der Waals surface area (Å²) in [6.07, 6.45) is 3.51. The Morgan fingerprint density at radius 2 is 2.09 bits per heavy atom. The zero-order chi connectivity index (χ0) is 14.9. The van der Waals surface area contributed by atoms with Crippen molar-refractivity contribution in [1.82, 2.24) is 29.7 Å². The molecule has 1 fully saturated rings. The zero-order valence-electron chi connectivity index (χ0n) is 12.4. The fourth-order valence-corrected chi connectivity index (χ4v) is 3.55. The number of anilines is 1. The number of piperazine rings is 1. The second kappa shape index (κ2) is 5.62. The van der Waals surface area contributed by atoms with Crippen LogP contribution in [0.5, 0.6) is 0 Å². The molecule has 22 heavy (non-hydrogen) atoms. The maximum Gasteiger partial charge on any atom is 0.179 e. The first-order chi connectivity index (χ1) is 10.8. The molecule has 0 aromatic carbocycles. The zero-order valence-corrected chi connectivity index (χ0v) is 13.2. The Morgan fingerprint density at radius 1 is 1.23 bits per heavy atom. The summed E-state index contributed by atoms with van der Waals surface area (Å²) in [4.78, 5) is 10.5. The highest BCUT2D eigenvalue weighted by Gasteiger charge is 2.19. The van der Waals surface area contributed by atoms with Crippen molar-refractivity contribution in [3.05, 3.63) is 34.7 Å². The van der Waals surface area contributed by atoms with Crippen LogP contribution in [0.1, 0.15) is 10.6 Å². The largest absolute Gasteiger partial charge is 0.368 e. The lowest BCUT2D eigenvalue weighted by Gasteiger charge is -2.35. The summed E-state index contributed by atoms with van der Waals surface area (Å²) >= 11 is 1.75. The number of fused-ring (bicyclic) bond motifs is 1. The van der Waals surface area contributed by atoms with Crippen molar-refractivity contribution in [2.75, 3.05) is 31.1 Å². The summed E-state index contributed by atoms with van der Waals surface area (Å²) in [5.74, 6) is 0. The van der Waals surface area contributed by atoms with Crippen LogP contribution in [0.4, 0.5) is 5.69 Å². The third kappa shape index (κ3) is 2.55. The molecule has 0 radical (unpaired) electrons. The molecular formula is C14H17N7S. The van der Waals surface area contributed by atoms with Gasteiger partial charge in [0.1, 0.15) is 6.33 Å². The molecule has 1 aliphatic rings. The van der Waals surface area contributed by atoms with Gasteiger partial charge in [0.05, 0.1) is 23.1 Å². The maximum atomic E-state index is 4.34. The van der Waals surface area contributed by atoms with Crippen LogP contribution in [0.25, 0.3) is 5.65 Å². The highest BCUT2D eigenvalue weighted by molar-refractivity contribution is 7.09. The first-order valence-electron chi connectivity index (χ1n) is 7.32. The van der Waals surface area contributed by atoms with E-state index in [0.29, 0.717) is 0 Å². The number of rotatable bonds is 3. The Kier molecular flexibility index (Phi) is 3.47. The third-order valence-corrected chi connectivity index (χ3v) is 5.02. The van der Waals surface area contributed by atoms with Gasteiger partial charge in [-0.25, -0.2) is 9.50 Å². The fraction of sp³-hybridized carbons (Fsp3) is 0.429. The molecule has 0 amide bonds. The van der Waals surface area contributed by atoms with Crippen LogP contribution in [0, 0.1) is 6.92 Å². The molecule has 0 spiro atoms. The van der Waals surface area contributed by atoms with Gasteiger partial charge in [-0.15, -0.1) is 21.5 Å². The van der Waals surface area contributed by atoms with Crippen molar-refractivity contribution in [2.24, 2.45) is 0 Å². The van der Waals surface area contributed by atoms with E-state index in [9.17, 15) is 0 Å². The minimum atomic E-state index is 0.792. The van der Waals surface area contributed by atoms with Crippen LogP contribution in [-0.2, 0) is 6.54 Å². The Morgan fingerprint density at radius 3 is 2.86 bits per heavy atom. The summed E-state index contributed by atoms with van der Waals surface area (Å²) in [6.45, 7) is 7.20. The summed E-state index contributed by atoms with van der Waals surface area (Å²) < 4.78 is 1.69. The van der Waals surface area contributed by atoms with Crippen molar-refractivity contribution < 1.29 is 0 Å².